The quantitative estimate of drug-likeness (QED) is 0.873. The first-order valence-electron chi connectivity index (χ1n) is 5.82. The summed E-state index contributed by atoms with van der Waals surface area (Å²) >= 11 is 5.72. The smallest absolute Gasteiger partial charge is 0.328 e. The van der Waals surface area contributed by atoms with Crippen LogP contribution in [0.25, 0.3) is 0 Å². The van der Waals surface area contributed by atoms with Crippen LogP contribution in [0.3, 0.4) is 0 Å². The molecule has 0 saturated carbocycles. The number of carbonyl (C=O) groups is 2. The number of urea groups is 1. The lowest BCUT2D eigenvalue weighted by Crippen LogP contribution is -2.54. The Balaban J connectivity index is 2.14. The number of hydrogen-bond acceptors (Lipinski definition) is 3. The number of halogens is 2. The lowest BCUT2D eigenvalue weighted by Gasteiger charge is -2.32. The van der Waals surface area contributed by atoms with Crippen LogP contribution in [0.4, 0.5) is 14.9 Å². The number of hydrogen-bond donors (Lipinski definition) is 2. The molecule has 0 bridgehead atoms. The second-order valence-corrected chi connectivity index (χ2v) is 4.61. The van der Waals surface area contributed by atoms with E-state index in [9.17, 15) is 14.0 Å². The molecule has 0 aliphatic carbocycles. The van der Waals surface area contributed by atoms with Crippen LogP contribution in [0.1, 0.15) is 0 Å². The number of morpholine rings is 1. The Bertz CT molecular complexity index is 540. The summed E-state index contributed by atoms with van der Waals surface area (Å²) in [6.07, 6.45) is 0. The van der Waals surface area contributed by atoms with Crippen molar-refractivity contribution < 1.29 is 23.8 Å². The van der Waals surface area contributed by atoms with Gasteiger partial charge in [0.25, 0.3) is 0 Å². The van der Waals surface area contributed by atoms with Crippen molar-refractivity contribution in [2.75, 3.05) is 25.1 Å². The third-order valence-electron chi connectivity index (χ3n) is 2.84. The number of carboxylic acids is 1. The number of aliphatic carboxylic acids is 1. The molecule has 0 radical (unpaired) electrons. The van der Waals surface area contributed by atoms with Gasteiger partial charge in [0.1, 0.15) is 5.82 Å². The van der Waals surface area contributed by atoms with Crippen molar-refractivity contribution in [3.8, 4) is 0 Å². The summed E-state index contributed by atoms with van der Waals surface area (Å²) in [6, 6.07) is 1.92. The Labute approximate surface area is 119 Å². The zero-order valence-corrected chi connectivity index (χ0v) is 11.1. The average Bonchev–Trinajstić information content (AvgIpc) is 2.42. The molecule has 1 heterocycles. The van der Waals surface area contributed by atoms with E-state index in [4.69, 9.17) is 21.4 Å². The lowest BCUT2D eigenvalue weighted by atomic mass is 10.2. The normalized spacial score (nSPS) is 18.7. The zero-order valence-electron chi connectivity index (χ0n) is 10.3. The maximum atomic E-state index is 13.5. The van der Waals surface area contributed by atoms with Crippen LogP contribution in [-0.4, -0.2) is 47.8 Å². The number of nitrogens with zero attached hydrogens (tertiary/aromatic N) is 1. The van der Waals surface area contributed by atoms with E-state index in [1.807, 2.05) is 0 Å². The molecule has 0 spiro atoms. The third-order valence-corrected chi connectivity index (χ3v) is 3.08. The minimum absolute atomic E-state index is 0.0964. The van der Waals surface area contributed by atoms with E-state index >= 15 is 0 Å². The van der Waals surface area contributed by atoms with Crippen LogP contribution in [0, 0.1) is 5.82 Å². The largest absolute Gasteiger partial charge is 0.480 e. The fraction of sp³-hybridized carbons (Fsp3) is 0.333. The van der Waals surface area contributed by atoms with Crippen LogP contribution in [0.15, 0.2) is 18.2 Å². The molecule has 2 rings (SSSR count). The van der Waals surface area contributed by atoms with Gasteiger partial charge in [0.2, 0.25) is 0 Å². The highest BCUT2D eigenvalue weighted by Crippen LogP contribution is 2.20. The molecule has 20 heavy (non-hydrogen) atoms. The Morgan fingerprint density at radius 1 is 1.50 bits per heavy atom. The molecule has 8 heteroatoms. The molecule has 1 aromatic carbocycles. The molecule has 108 valence electrons. The van der Waals surface area contributed by atoms with Gasteiger partial charge in [-0.05, 0) is 18.2 Å². The summed E-state index contributed by atoms with van der Waals surface area (Å²) in [5, 5.41) is 11.6. The van der Waals surface area contributed by atoms with Crippen molar-refractivity contribution >= 4 is 29.3 Å². The number of rotatable bonds is 2. The Morgan fingerprint density at radius 2 is 2.25 bits per heavy atom. The van der Waals surface area contributed by atoms with Crippen molar-refractivity contribution in [1.82, 2.24) is 4.90 Å². The predicted octanol–water partition coefficient (Wildman–Crippen LogP) is 1.80. The molecule has 2 N–H and O–H groups in total. The molecule has 1 saturated heterocycles. The minimum Gasteiger partial charge on any atom is -0.480 e. The van der Waals surface area contributed by atoms with Gasteiger partial charge in [0.05, 0.1) is 18.9 Å². The first-order valence-corrected chi connectivity index (χ1v) is 6.20. The van der Waals surface area contributed by atoms with Crippen molar-refractivity contribution in [1.29, 1.82) is 0 Å². The van der Waals surface area contributed by atoms with Gasteiger partial charge in [-0.2, -0.15) is 0 Å². The van der Waals surface area contributed by atoms with E-state index < -0.39 is 23.9 Å². The molecule has 6 nitrogen and oxygen atoms in total. The molecule has 1 fully saturated rings. The van der Waals surface area contributed by atoms with E-state index in [1.165, 1.54) is 12.1 Å². The fourth-order valence-electron chi connectivity index (χ4n) is 1.83. The summed E-state index contributed by atoms with van der Waals surface area (Å²) in [7, 11) is 0. The first kappa shape index (κ1) is 14.5. The molecule has 1 aromatic rings. The second kappa shape index (κ2) is 6.06. The Kier molecular flexibility index (Phi) is 4.41. The summed E-state index contributed by atoms with van der Waals surface area (Å²) in [6.45, 7) is 0.251. The van der Waals surface area contributed by atoms with E-state index in [-0.39, 0.29) is 30.5 Å². The van der Waals surface area contributed by atoms with Gasteiger partial charge in [0, 0.05) is 11.6 Å². The molecule has 0 aromatic heterocycles. The van der Waals surface area contributed by atoms with Gasteiger partial charge in [-0.25, -0.2) is 14.0 Å². The second-order valence-electron chi connectivity index (χ2n) is 4.18. The van der Waals surface area contributed by atoms with E-state index in [1.54, 1.807) is 0 Å². The van der Waals surface area contributed by atoms with E-state index in [2.05, 4.69) is 5.32 Å². The maximum absolute atomic E-state index is 13.5. The van der Waals surface area contributed by atoms with Gasteiger partial charge >= 0.3 is 12.0 Å². The molecule has 1 atom stereocenters. The summed E-state index contributed by atoms with van der Waals surface area (Å²) in [5.74, 6) is -1.82. The van der Waals surface area contributed by atoms with Crippen LogP contribution >= 0.6 is 11.6 Å². The fourth-order valence-corrected chi connectivity index (χ4v) is 2.00. The molecular formula is C12H12ClFN2O4. The summed E-state index contributed by atoms with van der Waals surface area (Å²) < 4.78 is 18.5. The minimum atomic E-state index is -1.17. The van der Waals surface area contributed by atoms with Crippen molar-refractivity contribution in [2.24, 2.45) is 0 Å². The highest BCUT2D eigenvalue weighted by Gasteiger charge is 2.33. The number of benzene rings is 1. The topological polar surface area (TPSA) is 78.9 Å². The standard InChI is InChI=1S/C12H12ClFN2O4/c13-7-1-2-8(14)9(5-7)15-12(19)16-3-4-20-6-10(16)11(17)18/h1-2,5,10H,3-4,6H2,(H,15,19)(H,17,18). The number of ether oxygens (including phenoxy) is 1. The summed E-state index contributed by atoms with van der Waals surface area (Å²) in [4.78, 5) is 24.2. The van der Waals surface area contributed by atoms with Crippen LogP contribution in [0.2, 0.25) is 5.02 Å². The van der Waals surface area contributed by atoms with Crippen molar-refractivity contribution in [2.45, 2.75) is 6.04 Å². The molecule has 1 unspecified atom stereocenters. The number of amides is 2. The van der Waals surface area contributed by atoms with Gasteiger partial charge in [0.15, 0.2) is 6.04 Å². The molecule has 2 amide bonds. The first-order chi connectivity index (χ1) is 9.49. The highest BCUT2D eigenvalue weighted by molar-refractivity contribution is 6.30. The number of anilines is 1. The third kappa shape index (κ3) is 3.17. The van der Waals surface area contributed by atoms with Crippen LogP contribution in [-0.2, 0) is 9.53 Å². The highest BCUT2D eigenvalue weighted by atomic mass is 35.5. The monoisotopic (exact) mass is 302 g/mol. The van der Waals surface area contributed by atoms with Crippen LogP contribution < -0.4 is 5.32 Å². The Hall–Kier alpha value is -1.86. The van der Waals surface area contributed by atoms with Crippen molar-refractivity contribution in [3.05, 3.63) is 29.0 Å². The number of carbonyl (C=O) groups excluding carboxylic acids is 1. The van der Waals surface area contributed by atoms with Crippen LogP contribution in [0.5, 0.6) is 0 Å². The number of nitrogens with one attached hydrogen (secondary N) is 1. The average molecular weight is 303 g/mol. The lowest BCUT2D eigenvalue weighted by molar-refractivity contribution is -0.147. The molecule has 1 aliphatic heterocycles. The SMILES string of the molecule is O=C(O)C1COCCN1C(=O)Nc1cc(Cl)ccc1F. The molecular weight excluding hydrogens is 291 g/mol. The van der Waals surface area contributed by atoms with Gasteiger partial charge in [-0.3, -0.25) is 0 Å². The maximum Gasteiger partial charge on any atom is 0.328 e. The van der Waals surface area contributed by atoms with E-state index in [0.29, 0.717) is 0 Å². The van der Waals surface area contributed by atoms with Gasteiger partial charge < -0.3 is 20.1 Å². The predicted molar refractivity (Wildman–Crippen MR) is 69.4 cm³/mol. The number of carboxylic acid groups (broad SMARTS) is 1. The zero-order chi connectivity index (χ0) is 14.7. The van der Waals surface area contributed by atoms with Gasteiger partial charge in [-0.15, -0.1) is 0 Å². The Morgan fingerprint density at radius 3 is 2.95 bits per heavy atom. The van der Waals surface area contributed by atoms with Gasteiger partial charge in [-0.1, -0.05) is 11.6 Å². The van der Waals surface area contributed by atoms with E-state index in [0.717, 1.165) is 11.0 Å². The van der Waals surface area contributed by atoms with Crippen molar-refractivity contribution in [3.63, 3.8) is 0 Å². The summed E-state index contributed by atoms with van der Waals surface area (Å²) in [5.41, 5.74) is -0.0990. The molecule has 1 aliphatic rings.